The number of sulfone groups is 1. The van der Waals surface area contributed by atoms with Gasteiger partial charge in [-0.3, -0.25) is 0 Å². The number of hydrogen-bond acceptors (Lipinski definition) is 3. The van der Waals surface area contributed by atoms with Crippen molar-refractivity contribution in [3.8, 4) is 0 Å². The van der Waals surface area contributed by atoms with Crippen LogP contribution in [-0.4, -0.2) is 33.8 Å². The molecule has 108 valence electrons. The number of benzene rings is 1. The molecule has 0 radical (unpaired) electrons. The Bertz CT molecular complexity index is 520. The van der Waals surface area contributed by atoms with Crippen molar-refractivity contribution in [3.63, 3.8) is 0 Å². The lowest BCUT2D eigenvalue weighted by Gasteiger charge is -2.06. The first-order chi connectivity index (χ1) is 8.80. The normalized spacial score (nSPS) is 12.1. The summed E-state index contributed by atoms with van der Waals surface area (Å²) in [7, 11) is -3.51. The number of halogens is 4. The molecule has 0 unspecified atom stereocenters. The van der Waals surface area contributed by atoms with Crippen molar-refractivity contribution in [3.05, 3.63) is 34.6 Å². The van der Waals surface area contributed by atoms with E-state index in [0.717, 1.165) is 6.07 Å². The lowest BCUT2D eigenvalue weighted by molar-refractivity contribution is 0.0234. The fourth-order valence-electron chi connectivity index (χ4n) is 1.31. The van der Waals surface area contributed by atoms with Crippen LogP contribution in [0.1, 0.15) is 5.56 Å². The maximum atomic E-state index is 12.9. The zero-order valence-electron chi connectivity index (χ0n) is 9.78. The van der Waals surface area contributed by atoms with E-state index < -0.39 is 28.7 Å². The second-order valence-electron chi connectivity index (χ2n) is 3.81. The van der Waals surface area contributed by atoms with Crippen molar-refractivity contribution >= 4 is 21.4 Å². The van der Waals surface area contributed by atoms with Gasteiger partial charge in [-0.1, -0.05) is 17.7 Å². The van der Waals surface area contributed by atoms with Crippen molar-refractivity contribution in [2.75, 3.05) is 19.0 Å². The van der Waals surface area contributed by atoms with Gasteiger partial charge in [-0.05, 0) is 17.7 Å². The number of hydrogen-bond donors (Lipinski definition) is 0. The van der Waals surface area contributed by atoms with E-state index >= 15 is 0 Å². The van der Waals surface area contributed by atoms with Gasteiger partial charge >= 0.3 is 0 Å². The first-order valence-corrected chi connectivity index (χ1v) is 7.50. The van der Waals surface area contributed by atoms with Crippen molar-refractivity contribution in [2.24, 2.45) is 0 Å². The van der Waals surface area contributed by atoms with Gasteiger partial charge < -0.3 is 4.74 Å². The minimum Gasteiger partial charge on any atom is -0.374 e. The third-order valence-electron chi connectivity index (χ3n) is 2.15. The SMILES string of the molecule is O=S(=O)(CCOCC(F)F)Cc1ccc(F)c(Cl)c1. The highest BCUT2D eigenvalue weighted by molar-refractivity contribution is 7.90. The fourth-order valence-corrected chi connectivity index (χ4v) is 2.72. The van der Waals surface area contributed by atoms with Crippen LogP contribution in [0.15, 0.2) is 18.2 Å². The Morgan fingerprint density at radius 2 is 2.00 bits per heavy atom. The summed E-state index contributed by atoms with van der Waals surface area (Å²) in [5, 5.41) is -0.165. The lowest BCUT2D eigenvalue weighted by Crippen LogP contribution is -2.16. The summed E-state index contributed by atoms with van der Waals surface area (Å²) in [6, 6.07) is 3.59. The molecule has 0 aromatic heterocycles. The topological polar surface area (TPSA) is 43.4 Å². The molecule has 0 bridgehead atoms. The number of rotatable bonds is 7. The van der Waals surface area contributed by atoms with Crippen LogP contribution in [0.25, 0.3) is 0 Å². The van der Waals surface area contributed by atoms with E-state index in [1.54, 1.807) is 0 Å². The van der Waals surface area contributed by atoms with Crippen LogP contribution in [0, 0.1) is 5.82 Å². The van der Waals surface area contributed by atoms with Gasteiger partial charge in [-0.25, -0.2) is 21.6 Å². The largest absolute Gasteiger partial charge is 0.374 e. The summed E-state index contributed by atoms with van der Waals surface area (Å²) >= 11 is 5.53. The van der Waals surface area contributed by atoms with Gasteiger partial charge in [0.05, 0.1) is 23.1 Å². The summed E-state index contributed by atoms with van der Waals surface area (Å²) in [6.45, 7) is -1.10. The molecular formula is C11H12ClF3O3S. The monoisotopic (exact) mass is 316 g/mol. The molecule has 1 aromatic rings. The highest BCUT2D eigenvalue weighted by Crippen LogP contribution is 2.17. The summed E-state index contributed by atoms with van der Waals surface area (Å²) in [4.78, 5) is 0. The first-order valence-electron chi connectivity index (χ1n) is 5.30. The molecule has 0 atom stereocenters. The molecule has 8 heteroatoms. The Labute approximate surface area is 114 Å². The average Bonchev–Trinajstić information content (AvgIpc) is 2.29. The Kier molecular flexibility index (Phi) is 6.09. The molecule has 19 heavy (non-hydrogen) atoms. The van der Waals surface area contributed by atoms with Crippen LogP contribution >= 0.6 is 11.6 Å². The number of ether oxygens (including phenoxy) is 1. The Hall–Kier alpha value is -0.790. The third-order valence-corrected chi connectivity index (χ3v) is 4.00. The first kappa shape index (κ1) is 16.3. The highest BCUT2D eigenvalue weighted by atomic mass is 35.5. The highest BCUT2D eigenvalue weighted by Gasteiger charge is 2.14. The van der Waals surface area contributed by atoms with E-state index in [1.165, 1.54) is 12.1 Å². The van der Waals surface area contributed by atoms with Crippen LogP contribution in [0.5, 0.6) is 0 Å². The quantitative estimate of drug-likeness (QED) is 0.726. The Morgan fingerprint density at radius 3 is 2.58 bits per heavy atom. The average molecular weight is 317 g/mol. The zero-order valence-corrected chi connectivity index (χ0v) is 11.4. The van der Waals surface area contributed by atoms with Crippen LogP contribution in [0.3, 0.4) is 0 Å². The van der Waals surface area contributed by atoms with E-state index in [4.69, 9.17) is 11.6 Å². The maximum Gasteiger partial charge on any atom is 0.261 e. The van der Waals surface area contributed by atoms with Gasteiger partial charge in [0, 0.05) is 0 Å². The Morgan fingerprint density at radius 1 is 1.32 bits per heavy atom. The molecule has 0 aliphatic heterocycles. The van der Waals surface area contributed by atoms with Crippen molar-refractivity contribution < 1.29 is 26.3 Å². The van der Waals surface area contributed by atoms with Gasteiger partial charge in [0.25, 0.3) is 6.43 Å². The van der Waals surface area contributed by atoms with E-state index in [0.29, 0.717) is 5.56 Å². The van der Waals surface area contributed by atoms with E-state index in [1.807, 2.05) is 0 Å². The summed E-state index contributed by atoms with van der Waals surface area (Å²) in [6.07, 6.45) is -2.63. The van der Waals surface area contributed by atoms with Crippen LogP contribution in [0.4, 0.5) is 13.2 Å². The molecule has 3 nitrogen and oxygen atoms in total. The van der Waals surface area contributed by atoms with Crippen molar-refractivity contribution in [2.45, 2.75) is 12.2 Å². The predicted molar refractivity (Wildman–Crippen MR) is 65.7 cm³/mol. The molecule has 0 amide bonds. The van der Waals surface area contributed by atoms with E-state index in [-0.39, 0.29) is 23.1 Å². The molecule has 0 aliphatic carbocycles. The van der Waals surface area contributed by atoms with Crippen molar-refractivity contribution in [1.29, 1.82) is 0 Å². The zero-order chi connectivity index (χ0) is 14.5. The smallest absolute Gasteiger partial charge is 0.261 e. The molecule has 0 heterocycles. The van der Waals surface area contributed by atoms with Crippen molar-refractivity contribution in [1.82, 2.24) is 0 Å². The maximum absolute atomic E-state index is 12.9. The summed E-state index contributed by atoms with van der Waals surface area (Å²) in [5.41, 5.74) is 0.334. The van der Waals surface area contributed by atoms with E-state index in [2.05, 4.69) is 4.74 Å². The predicted octanol–water partition coefficient (Wildman–Crippen LogP) is 2.68. The minimum absolute atomic E-state index is 0.165. The fraction of sp³-hybridized carbons (Fsp3) is 0.455. The summed E-state index contributed by atoms with van der Waals surface area (Å²) in [5.74, 6) is -1.36. The summed E-state index contributed by atoms with van der Waals surface area (Å²) < 4.78 is 64.2. The van der Waals surface area contributed by atoms with Gasteiger partial charge in [-0.15, -0.1) is 0 Å². The molecule has 1 aromatic carbocycles. The standard InChI is InChI=1S/C11H12ClF3O3S/c12-9-5-8(1-2-10(9)13)7-19(16,17)4-3-18-6-11(14)15/h1-2,5,11H,3-4,6-7H2. The molecular weight excluding hydrogens is 305 g/mol. The van der Waals surface area contributed by atoms with Crippen LogP contribution < -0.4 is 0 Å². The van der Waals surface area contributed by atoms with Gasteiger partial charge in [0.15, 0.2) is 9.84 Å². The second kappa shape index (κ2) is 7.12. The van der Waals surface area contributed by atoms with Gasteiger partial charge in [-0.2, -0.15) is 0 Å². The number of alkyl halides is 2. The molecule has 0 aliphatic rings. The Balaban J connectivity index is 2.52. The molecule has 0 N–H and O–H groups in total. The molecule has 0 fully saturated rings. The molecule has 1 rings (SSSR count). The van der Waals surface area contributed by atoms with E-state index in [9.17, 15) is 21.6 Å². The molecule has 0 spiro atoms. The molecule has 0 saturated carbocycles. The molecule has 0 saturated heterocycles. The lowest BCUT2D eigenvalue weighted by atomic mass is 10.2. The van der Waals surface area contributed by atoms with Crippen LogP contribution in [0.2, 0.25) is 5.02 Å². The van der Waals surface area contributed by atoms with Gasteiger partial charge in [0.1, 0.15) is 12.4 Å². The second-order valence-corrected chi connectivity index (χ2v) is 6.40. The van der Waals surface area contributed by atoms with Crippen LogP contribution in [-0.2, 0) is 20.3 Å². The third kappa shape index (κ3) is 6.26. The van der Waals surface area contributed by atoms with Gasteiger partial charge in [0.2, 0.25) is 0 Å². The minimum atomic E-state index is -3.51.